The third-order valence-corrected chi connectivity index (χ3v) is 24.7. The third-order valence-electron chi connectivity index (χ3n) is 2.18. The van der Waals surface area contributed by atoms with Crippen LogP contribution in [0.5, 0.6) is 0 Å². The molecular formula is C7H19NSSn. The molecule has 2 unspecified atom stereocenters. The molecular weight excluding hydrogens is 249 g/mol. The Kier molecular flexibility index (Phi) is 5.42. The van der Waals surface area contributed by atoms with Gasteiger partial charge in [0.15, 0.2) is 0 Å². The topological polar surface area (TPSA) is 26.0 Å². The van der Waals surface area contributed by atoms with Gasteiger partial charge in [-0.25, -0.2) is 0 Å². The van der Waals surface area contributed by atoms with E-state index in [1.165, 1.54) is 10.9 Å². The van der Waals surface area contributed by atoms with Crippen LogP contribution in [0.1, 0.15) is 20.3 Å². The van der Waals surface area contributed by atoms with Gasteiger partial charge in [-0.05, 0) is 0 Å². The fraction of sp³-hybridized carbons (Fsp3) is 1.00. The number of hydrogen-bond donors (Lipinski definition) is 1. The van der Waals surface area contributed by atoms with Crippen LogP contribution in [0.4, 0.5) is 0 Å². The summed E-state index contributed by atoms with van der Waals surface area (Å²) < 4.78 is 1.93. The summed E-state index contributed by atoms with van der Waals surface area (Å²) in [7, 11) is 2.09. The normalized spacial score (nSPS) is 20.1. The quantitative estimate of drug-likeness (QED) is 0.791. The Morgan fingerprint density at radius 2 is 2.10 bits per heavy atom. The van der Waals surface area contributed by atoms with E-state index in [0.717, 1.165) is 0 Å². The molecule has 1 nitrogen and oxygen atoms in total. The van der Waals surface area contributed by atoms with E-state index in [1.807, 2.05) is 0 Å². The molecule has 2 atom stereocenters. The monoisotopic (exact) mass is 269 g/mol. The van der Waals surface area contributed by atoms with Crippen molar-refractivity contribution in [2.45, 2.75) is 33.7 Å². The number of hydrogen-bond acceptors (Lipinski definition) is 2. The molecule has 0 aromatic heterocycles. The molecule has 0 aromatic rings. The second kappa shape index (κ2) is 4.88. The maximum absolute atomic E-state index is 5.94. The minimum absolute atomic E-state index is 0.504. The summed E-state index contributed by atoms with van der Waals surface area (Å²) in [5, 5.41) is 0. The van der Waals surface area contributed by atoms with Crippen LogP contribution in [0.2, 0.25) is 9.38 Å². The van der Waals surface area contributed by atoms with Crippen molar-refractivity contribution in [3.8, 4) is 0 Å². The molecule has 0 heterocycles. The molecule has 0 bridgehead atoms. The summed E-state index contributed by atoms with van der Waals surface area (Å²) in [5.41, 5.74) is 5.94. The molecule has 0 rings (SSSR count). The molecule has 0 fully saturated rings. The minimum atomic E-state index is -1.82. The zero-order chi connectivity index (χ0) is 8.20. The second-order valence-corrected chi connectivity index (χ2v) is 24.7. The van der Waals surface area contributed by atoms with E-state index in [-0.39, 0.29) is 0 Å². The summed E-state index contributed by atoms with van der Waals surface area (Å²) in [6.07, 6.45) is 3.55. The number of nitrogens with two attached hydrogens (primary N) is 1. The van der Waals surface area contributed by atoms with Gasteiger partial charge < -0.3 is 0 Å². The molecule has 0 aliphatic heterocycles. The van der Waals surface area contributed by atoms with Gasteiger partial charge in [0.25, 0.3) is 0 Å². The summed E-state index contributed by atoms with van der Waals surface area (Å²) in [6.45, 7) is 4.44. The second-order valence-electron chi connectivity index (χ2n) is 3.06. The molecule has 2 N–H and O–H groups in total. The molecule has 0 saturated heterocycles. The zero-order valence-corrected chi connectivity index (χ0v) is 11.1. The van der Waals surface area contributed by atoms with Crippen molar-refractivity contribution in [3.63, 3.8) is 0 Å². The predicted octanol–water partition coefficient (Wildman–Crippen LogP) is 2.22. The van der Waals surface area contributed by atoms with Crippen molar-refractivity contribution >= 4 is 25.9 Å². The van der Waals surface area contributed by atoms with Crippen LogP contribution in [0.25, 0.3) is 0 Å². The summed E-state index contributed by atoms with van der Waals surface area (Å²) in [5.74, 6) is 0. The maximum atomic E-state index is 5.94. The van der Waals surface area contributed by atoms with Crippen molar-refractivity contribution in [3.05, 3.63) is 0 Å². The van der Waals surface area contributed by atoms with Gasteiger partial charge in [0, 0.05) is 0 Å². The Hall–Kier alpha value is 1.11. The number of rotatable bonds is 4. The summed E-state index contributed by atoms with van der Waals surface area (Å²) in [6, 6.07) is 0. The first-order chi connectivity index (χ1) is 4.56. The molecule has 0 amide bonds. The molecule has 3 heteroatoms. The first kappa shape index (κ1) is 11.1. The Morgan fingerprint density at radius 3 is 2.20 bits per heavy atom. The van der Waals surface area contributed by atoms with Crippen LogP contribution in [0.15, 0.2) is 0 Å². The van der Waals surface area contributed by atoms with Crippen LogP contribution >= 0.6 is 8.95 Å². The molecule has 0 aromatic carbocycles. The first-order valence-corrected chi connectivity index (χ1v) is 15.1. The summed E-state index contributed by atoms with van der Waals surface area (Å²) >= 11 is -1.82. The molecule has 62 valence electrons. The van der Waals surface area contributed by atoms with Crippen molar-refractivity contribution in [2.24, 2.45) is 5.73 Å². The van der Waals surface area contributed by atoms with Gasteiger partial charge in [-0.1, -0.05) is 0 Å². The van der Waals surface area contributed by atoms with Gasteiger partial charge in [-0.15, -0.1) is 0 Å². The average molecular weight is 268 g/mol. The molecule has 0 spiro atoms. The van der Waals surface area contributed by atoms with Crippen LogP contribution in [0.3, 0.4) is 0 Å². The van der Waals surface area contributed by atoms with Gasteiger partial charge in [-0.3, -0.25) is 0 Å². The first-order valence-electron chi connectivity index (χ1n) is 3.87. The average Bonchev–Trinajstić information content (AvgIpc) is 1.88. The van der Waals surface area contributed by atoms with E-state index < -0.39 is 17.0 Å². The van der Waals surface area contributed by atoms with E-state index >= 15 is 0 Å². The van der Waals surface area contributed by atoms with Crippen molar-refractivity contribution in [1.29, 1.82) is 0 Å². The zero-order valence-electron chi connectivity index (χ0n) is 7.48. The Balaban J connectivity index is 3.94. The van der Waals surface area contributed by atoms with Crippen molar-refractivity contribution < 1.29 is 0 Å². The Bertz CT molecular complexity index is 97.6. The van der Waals surface area contributed by atoms with E-state index in [1.54, 1.807) is 0 Å². The predicted molar refractivity (Wildman–Crippen MR) is 53.9 cm³/mol. The molecule has 0 saturated carbocycles. The van der Waals surface area contributed by atoms with Crippen molar-refractivity contribution in [2.75, 3.05) is 6.26 Å². The van der Waals surface area contributed by atoms with Gasteiger partial charge in [0.1, 0.15) is 0 Å². The van der Waals surface area contributed by atoms with Crippen LogP contribution in [-0.4, -0.2) is 27.3 Å². The Morgan fingerprint density at radius 1 is 1.60 bits per heavy atom. The van der Waals surface area contributed by atoms with Gasteiger partial charge in [0.2, 0.25) is 0 Å². The van der Waals surface area contributed by atoms with E-state index in [9.17, 15) is 0 Å². The van der Waals surface area contributed by atoms with E-state index in [4.69, 9.17) is 5.73 Å². The SMILES string of the molecule is CC[CH2][Sn]([CH3])([S]C)[CH](C)N. The molecule has 10 heavy (non-hydrogen) atoms. The third kappa shape index (κ3) is 3.01. The summed E-state index contributed by atoms with van der Waals surface area (Å²) in [4.78, 5) is 2.45. The van der Waals surface area contributed by atoms with Gasteiger partial charge in [0.05, 0.1) is 0 Å². The molecule has 0 aliphatic carbocycles. The standard InChI is InChI=1S/C3H7.C2H6N.CH4S.CH3.Sn/c1-3-2;1-2-3;1-2;;/h1,3H2,2H3;2H,3H2,1H3;2H,1H3;1H3;/q;;;;+1/p-1. The van der Waals surface area contributed by atoms with Crippen LogP contribution < -0.4 is 5.73 Å². The van der Waals surface area contributed by atoms with Crippen molar-refractivity contribution in [1.82, 2.24) is 0 Å². The fourth-order valence-corrected chi connectivity index (χ4v) is 12.0. The molecule has 0 aliphatic rings. The molecule has 0 radical (unpaired) electrons. The fourth-order valence-electron chi connectivity index (χ4n) is 1.01. The van der Waals surface area contributed by atoms with Crippen LogP contribution in [-0.2, 0) is 0 Å². The van der Waals surface area contributed by atoms with Crippen LogP contribution in [0, 0.1) is 0 Å². The van der Waals surface area contributed by atoms with E-state index in [0.29, 0.717) is 4.06 Å². The van der Waals surface area contributed by atoms with E-state index in [2.05, 4.69) is 34.0 Å². The Labute approximate surface area is 71.5 Å². The van der Waals surface area contributed by atoms with Gasteiger partial charge in [-0.2, -0.15) is 0 Å². The van der Waals surface area contributed by atoms with Gasteiger partial charge >= 0.3 is 71.6 Å².